The van der Waals surface area contributed by atoms with E-state index in [1.165, 1.54) is 0 Å². The molecule has 1 amide bonds. The Morgan fingerprint density at radius 3 is 2.58 bits per heavy atom. The van der Waals surface area contributed by atoms with Crippen molar-refractivity contribution in [2.45, 2.75) is 65.5 Å². The van der Waals surface area contributed by atoms with Crippen molar-refractivity contribution in [3.8, 4) is 0 Å². The predicted octanol–water partition coefficient (Wildman–Crippen LogP) is 2.69. The van der Waals surface area contributed by atoms with Gasteiger partial charge in [-0.1, -0.05) is 13.8 Å². The van der Waals surface area contributed by atoms with Crippen molar-refractivity contribution in [1.29, 1.82) is 0 Å². The van der Waals surface area contributed by atoms with E-state index in [0.717, 1.165) is 25.8 Å². The van der Waals surface area contributed by atoms with Crippen LogP contribution in [0.15, 0.2) is 0 Å². The number of ether oxygens (including phenoxy) is 1. The molecule has 0 spiro atoms. The lowest BCUT2D eigenvalue weighted by atomic mass is 9.81. The van der Waals surface area contributed by atoms with Crippen molar-refractivity contribution in [1.82, 2.24) is 4.90 Å². The van der Waals surface area contributed by atoms with Crippen molar-refractivity contribution in [2.24, 2.45) is 11.3 Å². The molecular formula is C14H28N2O3. The van der Waals surface area contributed by atoms with Gasteiger partial charge in [-0.05, 0) is 45.4 Å². The van der Waals surface area contributed by atoms with Crippen LogP contribution in [0.25, 0.3) is 0 Å². The first-order valence-electron chi connectivity index (χ1n) is 6.96. The van der Waals surface area contributed by atoms with Gasteiger partial charge >= 0.3 is 6.09 Å². The first-order valence-corrected chi connectivity index (χ1v) is 6.96. The van der Waals surface area contributed by atoms with Crippen LogP contribution in [0.2, 0.25) is 0 Å². The van der Waals surface area contributed by atoms with Crippen molar-refractivity contribution >= 4 is 6.09 Å². The lowest BCUT2D eigenvalue weighted by Gasteiger charge is -2.43. The second-order valence-electron chi connectivity index (χ2n) is 7.12. The Kier molecular flexibility index (Phi) is 5.21. The number of amides is 1. The van der Waals surface area contributed by atoms with Gasteiger partial charge in [0.15, 0.2) is 0 Å². The Bertz CT molecular complexity index is 310. The highest BCUT2D eigenvalue weighted by atomic mass is 16.6. The quantitative estimate of drug-likeness (QED) is 0.802. The number of hydrogen-bond donors (Lipinski definition) is 1. The number of nitrogens with two attached hydrogens (primary N) is 1. The number of piperidine rings is 1. The Morgan fingerprint density at radius 1 is 1.42 bits per heavy atom. The minimum absolute atomic E-state index is 0.136. The summed E-state index contributed by atoms with van der Waals surface area (Å²) in [5, 5.41) is 0. The van der Waals surface area contributed by atoms with Gasteiger partial charge in [-0.2, -0.15) is 0 Å². The number of rotatable bonds is 3. The zero-order chi connectivity index (χ0) is 14.7. The van der Waals surface area contributed by atoms with E-state index in [0.29, 0.717) is 6.61 Å². The van der Waals surface area contributed by atoms with Gasteiger partial charge in [0.1, 0.15) is 5.60 Å². The van der Waals surface area contributed by atoms with E-state index in [9.17, 15) is 4.79 Å². The zero-order valence-electron chi connectivity index (χ0n) is 12.9. The molecule has 1 aliphatic rings. The maximum atomic E-state index is 12.3. The van der Waals surface area contributed by atoms with Gasteiger partial charge < -0.3 is 14.5 Å². The molecule has 5 nitrogen and oxygen atoms in total. The van der Waals surface area contributed by atoms with Crippen LogP contribution in [-0.4, -0.2) is 35.8 Å². The lowest BCUT2D eigenvalue weighted by molar-refractivity contribution is -0.0138. The second-order valence-corrected chi connectivity index (χ2v) is 7.12. The first-order chi connectivity index (χ1) is 8.64. The molecule has 1 fully saturated rings. The highest BCUT2D eigenvalue weighted by Crippen LogP contribution is 2.33. The average Bonchev–Trinajstić information content (AvgIpc) is 2.24. The van der Waals surface area contributed by atoms with Crippen molar-refractivity contribution in [2.75, 3.05) is 13.2 Å². The van der Waals surface area contributed by atoms with E-state index in [2.05, 4.69) is 18.7 Å². The molecule has 0 aromatic heterocycles. The fourth-order valence-electron chi connectivity index (χ4n) is 2.42. The fourth-order valence-corrected chi connectivity index (χ4v) is 2.42. The maximum absolute atomic E-state index is 12.3. The van der Waals surface area contributed by atoms with E-state index in [-0.39, 0.29) is 17.6 Å². The third kappa shape index (κ3) is 5.37. The summed E-state index contributed by atoms with van der Waals surface area (Å²) in [5.74, 6) is 5.09. The molecule has 19 heavy (non-hydrogen) atoms. The third-order valence-electron chi connectivity index (χ3n) is 3.39. The van der Waals surface area contributed by atoms with Crippen molar-refractivity contribution < 1.29 is 14.4 Å². The summed E-state index contributed by atoms with van der Waals surface area (Å²) in [5.41, 5.74) is -0.329. The molecule has 5 heteroatoms. The summed E-state index contributed by atoms with van der Waals surface area (Å²) < 4.78 is 5.50. The van der Waals surface area contributed by atoms with Crippen LogP contribution >= 0.6 is 0 Å². The zero-order valence-corrected chi connectivity index (χ0v) is 12.9. The summed E-state index contributed by atoms with van der Waals surface area (Å²) in [6.45, 7) is 11.2. The van der Waals surface area contributed by atoms with Gasteiger partial charge in [-0.25, -0.2) is 10.7 Å². The molecule has 1 saturated heterocycles. The summed E-state index contributed by atoms with van der Waals surface area (Å²) >= 11 is 0. The van der Waals surface area contributed by atoms with Crippen LogP contribution in [0.5, 0.6) is 0 Å². The molecule has 0 aliphatic carbocycles. The Labute approximate surface area is 116 Å². The van der Waals surface area contributed by atoms with Crippen molar-refractivity contribution in [3.05, 3.63) is 0 Å². The summed E-state index contributed by atoms with van der Waals surface area (Å²) in [6, 6.07) is 0.159. The predicted molar refractivity (Wildman–Crippen MR) is 74.5 cm³/mol. The third-order valence-corrected chi connectivity index (χ3v) is 3.39. The van der Waals surface area contributed by atoms with Crippen LogP contribution in [0.4, 0.5) is 4.79 Å². The minimum Gasteiger partial charge on any atom is -0.444 e. The molecule has 1 unspecified atom stereocenters. The molecule has 1 heterocycles. The molecule has 2 N–H and O–H groups in total. The van der Waals surface area contributed by atoms with Crippen LogP contribution in [0, 0.1) is 5.41 Å². The molecular weight excluding hydrogens is 244 g/mol. The van der Waals surface area contributed by atoms with E-state index in [1.54, 1.807) is 0 Å². The Morgan fingerprint density at radius 2 is 2.05 bits per heavy atom. The standard InChI is InChI=1S/C14H28N2O3/c1-13(2,3)19-12(17)16-10-14(4,5)8-6-11(16)7-9-18-15/h11H,6-10,15H2,1-5H3. The van der Waals surface area contributed by atoms with Crippen LogP contribution in [0.3, 0.4) is 0 Å². The molecule has 0 bridgehead atoms. The largest absolute Gasteiger partial charge is 0.444 e. The molecule has 1 atom stereocenters. The molecule has 1 aliphatic heterocycles. The summed E-state index contributed by atoms with van der Waals surface area (Å²) in [7, 11) is 0. The highest BCUT2D eigenvalue weighted by molar-refractivity contribution is 5.68. The minimum atomic E-state index is -0.465. The molecule has 0 aromatic rings. The van der Waals surface area contributed by atoms with Gasteiger partial charge in [0.05, 0.1) is 6.61 Å². The van der Waals surface area contributed by atoms with Crippen LogP contribution in [0.1, 0.15) is 53.9 Å². The Balaban J connectivity index is 2.73. The Hall–Kier alpha value is -0.810. The van der Waals surface area contributed by atoms with Gasteiger partial charge in [0.25, 0.3) is 0 Å². The second kappa shape index (κ2) is 6.09. The fraction of sp³-hybridized carbons (Fsp3) is 0.929. The first kappa shape index (κ1) is 16.2. The smallest absolute Gasteiger partial charge is 0.410 e. The average molecular weight is 272 g/mol. The molecule has 0 aromatic carbocycles. The van der Waals surface area contributed by atoms with Crippen LogP contribution in [-0.2, 0) is 9.57 Å². The lowest BCUT2D eigenvalue weighted by Crippen LogP contribution is -2.51. The van der Waals surface area contributed by atoms with Gasteiger partial charge in [-0.3, -0.25) is 0 Å². The van der Waals surface area contributed by atoms with Gasteiger partial charge in [-0.15, -0.1) is 0 Å². The van der Waals surface area contributed by atoms with Crippen LogP contribution < -0.4 is 5.90 Å². The monoisotopic (exact) mass is 272 g/mol. The van der Waals surface area contributed by atoms with Gasteiger partial charge in [0, 0.05) is 12.6 Å². The molecule has 0 saturated carbocycles. The number of carbonyl (C=O) groups excluding carboxylic acids is 1. The summed E-state index contributed by atoms with van der Waals surface area (Å²) in [4.78, 5) is 18.8. The van der Waals surface area contributed by atoms with E-state index < -0.39 is 5.60 Å². The summed E-state index contributed by atoms with van der Waals surface area (Å²) in [6.07, 6.45) is 2.59. The SMILES string of the molecule is CC1(C)CCC(CCON)N(C(=O)OC(C)(C)C)C1. The topological polar surface area (TPSA) is 64.8 Å². The highest BCUT2D eigenvalue weighted by Gasteiger charge is 2.37. The number of likely N-dealkylation sites (tertiary alicyclic amines) is 1. The number of hydrogen-bond acceptors (Lipinski definition) is 4. The number of nitrogens with zero attached hydrogens (tertiary/aromatic N) is 1. The van der Waals surface area contributed by atoms with E-state index >= 15 is 0 Å². The van der Waals surface area contributed by atoms with E-state index in [1.807, 2.05) is 25.7 Å². The molecule has 0 radical (unpaired) electrons. The van der Waals surface area contributed by atoms with Crippen molar-refractivity contribution in [3.63, 3.8) is 0 Å². The van der Waals surface area contributed by atoms with Gasteiger partial charge in [0.2, 0.25) is 0 Å². The molecule has 112 valence electrons. The normalized spacial score (nSPS) is 23.3. The maximum Gasteiger partial charge on any atom is 0.410 e. The molecule has 1 rings (SSSR count). The number of carbonyl (C=O) groups is 1. The van der Waals surface area contributed by atoms with E-state index in [4.69, 9.17) is 10.6 Å².